The van der Waals surface area contributed by atoms with Crippen molar-refractivity contribution >= 4 is 17.2 Å². The van der Waals surface area contributed by atoms with Gasteiger partial charge in [0, 0.05) is 44.0 Å². The van der Waals surface area contributed by atoms with Crippen molar-refractivity contribution in [3.63, 3.8) is 0 Å². The fourth-order valence-corrected chi connectivity index (χ4v) is 3.22. The first-order valence-corrected chi connectivity index (χ1v) is 8.92. The summed E-state index contributed by atoms with van der Waals surface area (Å²) in [7, 11) is 3.13. The van der Waals surface area contributed by atoms with Gasteiger partial charge in [-0.1, -0.05) is 18.2 Å². The van der Waals surface area contributed by atoms with Crippen LogP contribution < -0.4 is 14.4 Å². The van der Waals surface area contributed by atoms with Gasteiger partial charge in [0.2, 0.25) is 0 Å². The second-order valence-electron chi connectivity index (χ2n) is 6.30. The molecule has 140 valence electrons. The van der Waals surface area contributed by atoms with Crippen LogP contribution >= 0.6 is 0 Å². The third-order valence-corrected chi connectivity index (χ3v) is 4.76. The van der Waals surface area contributed by atoms with Gasteiger partial charge >= 0.3 is 0 Å². The summed E-state index contributed by atoms with van der Waals surface area (Å²) in [5.74, 6) is 1.99. The summed E-state index contributed by atoms with van der Waals surface area (Å²) in [6.45, 7) is 5.64. The molecule has 1 fully saturated rings. The Morgan fingerprint density at radius 2 is 1.63 bits per heavy atom. The van der Waals surface area contributed by atoms with E-state index in [1.54, 1.807) is 26.4 Å². The molecule has 0 atom stereocenters. The molecule has 0 radical (unpaired) electrons. The Kier molecular flexibility index (Phi) is 5.82. The number of amidine groups is 1. The van der Waals surface area contributed by atoms with Gasteiger partial charge in [-0.05, 0) is 19.1 Å². The molecule has 1 aliphatic rings. The largest absolute Gasteiger partial charge is 0.493 e. The van der Waals surface area contributed by atoms with Gasteiger partial charge in [0.1, 0.15) is 11.9 Å². The van der Waals surface area contributed by atoms with E-state index in [2.05, 4.69) is 40.1 Å². The van der Waals surface area contributed by atoms with Crippen LogP contribution in [0.3, 0.4) is 0 Å². The van der Waals surface area contributed by atoms with Gasteiger partial charge in [0.15, 0.2) is 11.5 Å². The van der Waals surface area contributed by atoms with Gasteiger partial charge in [0.05, 0.1) is 25.5 Å². The number of nitriles is 1. The van der Waals surface area contributed by atoms with Gasteiger partial charge in [0.25, 0.3) is 0 Å². The van der Waals surface area contributed by atoms with E-state index in [9.17, 15) is 5.26 Å². The number of para-hydroxylation sites is 1. The zero-order chi connectivity index (χ0) is 19.2. The molecule has 27 heavy (non-hydrogen) atoms. The molecule has 3 rings (SSSR count). The molecule has 0 aromatic heterocycles. The van der Waals surface area contributed by atoms with E-state index in [1.807, 2.05) is 13.0 Å². The van der Waals surface area contributed by atoms with Crippen LogP contribution in [0.1, 0.15) is 12.5 Å². The molecule has 6 nitrogen and oxygen atoms in total. The fourth-order valence-electron chi connectivity index (χ4n) is 3.22. The highest BCUT2D eigenvalue weighted by molar-refractivity contribution is 5.84. The SMILES string of the molecule is COc1cc(C#N)c(/N=C(/C)N2CCN(c3ccccc3)CC2)cc1OC. The highest BCUT2D eigenvalue weighted by atomic mass is 16.5. The van der Waals surface area contributed by atoms with Crippen molar-refractivity contribution in [1.29, 1.82) is 5.26 Å². The van der Waals surface area contributed by atoms with Crippen LogP contribution in [0.2, 0.25) is 0 Å². The Balaban J connectivity index is 1.76. The zero-order valence-corrected chi connectivity index (χ0v) is 16.0. The van der Waals surface area contributed by atoms with E-state index in [0.29, 0.717) is 22.7 Å². The van der Waals surface area contributed by atoms with Crippen molar-refractivity contribution < 1.29 is 9.47 Å². The van der Waals surface area contributed by atoms with Gasteiger partial charge in [-0.15, -0.1) is 0 Å². The lowest BCUT2D eigenvalue weighted by Crippen LogP contribution is -2.48. The smallest absolute Gasteiger partial charge is 0.162 e. The molecular formula is C21H24N4O2. The molecular weight excluding hydrogens is 340 g/mol. The predicted octanol–water partition coefficient (Wildman–Crippen LogP) is 3.45. The second-order valence-corrected chi connectivity index (χ2v) is 6.30. The number of aliphatic imine (C=N–C) groups is 1. The van der Waals surface area contributed by atoms with Gasteiger partial charge < -0.3 is 19.3 Å². The van der Waals surface area contributed by atoms with Crippen molar-refractivity contribution in [3.05, 3.63) is 48.0 Å². The molecule has 0 N–H and O–H groups in total. The van der Waals surface area contributed by atoms with E-state index in [0.717, 1.165) is 32.0 Å². The third kappa shape index (κ3) is 4.14. The Morgan fingerprint density at radius 1 is 1.00 bits per heavy atom. The van der Waals surface area contributed by atoms with Crippen molar-refractivity contribution in [3.8, 4) is 17.6 Å². The van der Waals surface area contributed by atoms with Crippen LogP contribution in [0.25, 0.3) is 0 Å². The van der Waals surface area contributed by atoms with Crippen LogP contribution in [0.5, 0.6) is 11.5 Å². The molecule has 0 saturated carbocycles. The Bertz CT molecular complexity index is 850. The highest BCUT2D eigenvalue weighted by Gasteiger charge is 2.19. The third-order valence-electron chi connectivity index (χ3n) is 4.76. The van der Waals surface area contributed by atoms with Gasteiger partial charge in [-0.3, -0.25) is 0 Å². The molecule has 0 amide bonds. The molecule has 0 unspecified atom stereocenters. The molecule has 0 aliphatic carbocycles. The highest BCUT2D eigenvalue weighted by Crippen LogP contribution is 2.34. The van der Waals surface area contributed by atoms with Crippen LogP contribution in [0.15, 0.2) is 47.5 Å². The molecule has 1 aliphatic heterocycles. The lowest BCUT2D eigenvalue weighted by Gasteiger charge is -2.37. The quantitative estimate of drug-likeness (QED) is 0.614. The van der Waals surface area contributed by atoms with Crippen molar-refractivity contribution in [2.45, 2.75) is 6.92 Å². The average Bonchev–Trinajstić information content (AvgIpc) is 2.74. The van der Waals surface area contributed by atoms with E-state index < -0.39 is 0 Å². The van der Waals surface area contributed by atoms with Crippen molar-refractivity contribution in [2.24, 2.45) is 4.99 Å². The van der Waals surface area contributed by atoms with E-state index >= 15 is 0 Å². The number of hydrogen-bond donors (Lipinski definition) is 0. The number of anilines is 1. The van der Waals surface area contributed by atoms with Crippen LogP contribution in [0.4, 0.5) is 11.4 Å². The maximum atomic E-state index is 9.45. The lowest BCUT2D eigenvalue weighted by atomic mass is 10.1. The Morgan fingerprint density at radius 3 is 2.22 bits per heavy atom. The number of rotatable bonds is 4. The Hall–Kier alpha value is -3.20. The molecule has 0 spiro atoms. The number of hydrogen-bond acceptors (Lipinski definition) is 5. The molecule has 1 saturated heterocycles. The maximum absolute atomic E-state index is 9.45. The van der Waals surface area contributed by atoms with E-state index in [1.165, 1.54) is 5.69 Å². The number of piperazine rings is 1. The first-order chi connectivity index (χ1) is 13.2. The van der Waals surface area contributed by atoms with Crippen LogP contribution in [0, 0.1) is 11.3 Å². The maximum Gasteiger partial charge on any atom is 0.162 e. The number of benzene rings is 2. The zero-order valence-electron chi connectivity index (χ0n) is 16.0. The number of methoxy groups -OCH3 is 2. The minimum Gasteiger partial charge on any atom is -0.493 e. The van der Waals surface area contributed by atoms with Gasteiger partial charge in [-0.25, -0.2) is 4.99 Å². The average molecular weight is 364 g/mol. The topological polar surface area (TPSA) is 61.1 Å². The second kappa shape index (κ2) is 8.45. The van der Waals surface area contributed by atoms with Crippen molar-refractivity contribution in [2.75, 3.05) is 45.3 Å². The monoisotopic (exact) mass is 364 g/mol. The summed E-state index contributed by atoms with van der Waals surface area (Å²) in [6, 6.07) is 16.0. The van der Waals surface area contributed by atoms with Crippen LogP contribution in [-0.2, 0) is 0 Å². The molecule has 0 bridgehead atoms. The predicted molar refractivity (Wildman–Crippen MR) is 107 cm³/mol. The van der Waals surface area contributed by atoms with Crippen LogP contribution in [-0.4, -0.2) is 51.1 Å². The number of ether oxygens (including phenoxy) is 2. The molecule has 6 heteroatoms. The summed E-state index contributed by atoms with van der Waals surface area (Å²) in [5, 5.41) is 9.45. The first-order valence-electron chi connectivity index (χ1n) is 8.92. The lowest BCUT2D eigenvalue weighted by molar-refractivity contribution is 0.355. The summed E-state index contributed by atoms with van der Waals surface area (Å²) < 4.78 is 10.6. The van der Waals surface area contributed by atoms with E-state index in [4.69, 9.17) is 14.5 Å². The number of nitrogens with zero attached hydrogens (tertiary/aromatic N) is 4. The summed E-state index contributed by atoms with van der Waals surface area (Å²) in [6.07, 6.45) is 0. The van der Waals surface area contributed by atoms with E-state index in [-0.39, 0.29) is 0 Å². The summed E-state index contributed by atoms with van der Waals surface area (Å²) >= 11 is 0. The minimum absolute atomic E-state index is 0.468. The fraction of sp³-hybridized carbons (Fsp3) is 0.333. The first kappa shape index (κ1) is 18.6. The summed E-state index contributed by atoms with van der Waals surface area (Å²) in [5.41, 5.74) is 2.31. The Labute approximate surface area is 160 Å². The van der Waals surface area contributed by atoms with Crippen molar-refractivity contribution in [1.82, 2.24) is 4.90 Å². The normalized spacial score (nSPS) is 14.7. The molecule has 2 aromatic carbocycles. The van der Waals surface area contributed by atoms with Gasteiger partial charge in [-0.2, -0.15) is 5.26 Å². The minimum atomic E-state index is 0.468. The summed E-state index contributed by atoms with van der Waals surface area (Å²) in [4.78, 5) is 9.32. The molecule has 2 aromatic rings. The standard InChI is InChI=1S/C21H24N4O2/c1-16(23-19-14-21(27-3)20(26-2)13-17(19)15-22)24-9-11-25(12-10-24)18-7-5-4-6-8-18/h4-8,13-14H,9-12H2,1-3H3/b23-16-. The molecule has 1 heterocycles.